The van der Waals surface area contributed by atoms with E-state index in [1.165, 1.54) is 14.2 Å². The molecule has 8 heteroatoms. The van der Waals surface area contributed by atoms with E-state index in [2.05, 4.69) is 9.44 Å². The molecule has 18 heavy (non-hydrogen) atoms. The van der Waals surface area contributed by atoms with Gasteiger partial charge in [-0.25, -0.2) is 0 Å². The third kappa shape index (κ3) is 4.06. The molecular formula is C10H17N3O4S. The monoisotopic (exact) mass is 275 g/mol. The van der Waals surface area contributed by atoms with Crippen LogP contribution in [-0.4, -0.2) is 35.7 Å². The summed E-state index contributed by atoms with van der Waals surface area (Å²) in [5.74, 6) is 0.942. The van der Waals surface area contributed by atoms with Crippen molar-refractivity contribution in [3.05, 3.63) is 18.2 Å². The van der Waals surface area contributed by atoms with Gasteiger partial charge in [0.05, 0.1) is 19.9 Å². The fourth-order valence-electron chi connectivity index (χ4n) is 1.26. The van der Waals surface area contributed by atoms with Crippen molar-refractivity contribution in [3.63, 3.8) is 0 Å². The summed E-state index contributed by atoms with van der Waals surface area (Å²) in [5, 5.41) is 0. The Bertz CT molecular complexity index is 490. The van der Waals surface area contributed by atoms with Gasteiger partial charge < -0.3 is 15.2 Å². The summed E-state index contributed by atoms with van der Waals surface area (Å²) in [7, 11) is -0.690. The van der Waals surface area contributed by atoms with Gasteiger partial charge >= 0.3 is 0 Å². The lowest BCUT2D eigenvalue weighted by atomic mass is 10.3. The highest BCUT2D eigenvalue weighted by Gasteiger charge is 2.12. The molecule has 0 aliphatic carbocycles. The smallest absolute Gasteiger partial charge is 0.299 e. The number of rotatable bonds is 7. The van der Waals surface area contributed by atoms with E-state index in [0.29, 0.717) is 17.2 Å². The summed E-state index contributed by atoms with van der Waals surface area (Å²) >= 11 is 0. The number of hydrogen-bond donors (Lipinski definition) is 3. The SMILES string of the molecule is COc1ccc(NS(=O)(=O)NCCN)c(OC)c1. The van der Waals surface area contributed by atoms with Crippen LogP contribution in [0.25, 0.3) is 0 Å². The number of anilines is 1. The number of ether oxygens (including phenoxy) is 2. The molecule has 0 atom stereocenters. The maximum Gasteiger partial charge on any atom is 0.299 e. The number of nitrogens with one attached hydrogen (secondary N) is 2. The third-order valence-electron chi connectivity index (χ3n) is 2.09. The summed E-state index contributed by atoms with van der Waals surface area (Å²) in [6.45, 7) is 0.383. The molecule has 0 heterocycles. The Labute approximate surface area is 106 Å². The van der Waals surface area contributed by atoms with Crippen molar-refractivity contribution in [1.29, 1.82) is 0 Å². The minimum absolute atomic E-state index is 0.161. The average Bonchev–Trinajstić information content (AvgIpc) is 2.36. The Kier molecular flexibility index (Phi) is 5.20. The molecule has 102 valence electrons. The Balaban J connectivity index is 2.90. The van der Waals surface area contributed by atoms with Crippen LogP contribution in [0.1, 0.15) is 0 Å². The summed E-state index contributed by atoms with van der Waals surface area (Å²) in [6, 6.07) is 4.77. The fourth-order valence-corrected chi connectivity index (χ4v) is 2.17. The second-order valence-corrected chi connectivity index (χ2v) is 4.85. The van der Waals surface area contributed by atoms with Crippen LogP contribution in [-0.2, 0) is 10.2 Å². The van der Waals surface area contributed by atoms with Gasteiger partial charge in [0.2, 0.25) is 0 Å². The van der Waals surface area contributed by atoms with Crippen molar-refractivity contribution in [1.82, 2.24) is 4.72 Å². The van der Waals surface area contributed by atoms with Crippen LogP contribution in [0.2, 0.25) is 0 Å². The van der Waals surface area contributed by atoms with Crippen LogP contribution in [0.15, 0.2) is 18.2 Å². The van der Waals surface area contributed by atoms with Gasteiger partial charge in [-0.15, -0.1) is 0 Å². The molecule has 0 fully saturated rings. The first-order valence-corrected chi connectivity index (χ1v) is 6.70. The van der Waals surface area contributed by atoms with E-state index < -0.39 is 10.2 Å². The molecule has 0 saturated heterocycles. The van der Waals surface area contributed by atoms with Gasteiger partial charge in [0.15, 0.2) is 0 Å². The van der Waals surface area contributed by atoms with E-state index in [9.17, 15) is 8.42 Å². The Hall–Kier alpha value is -1.51. The molecule has 0 bridgehead atoms. The summed E-state index contributed by atoms with van der Waals surface area (Å²) in [5.41, 5.74) is 5.55. The van der Waals surface area contributed by atoms with Gasteiger partial charge in [-0.05, 0) is 12.1 Å². The maximum absolute atomic E-state index is 11.6. The standard InChI is InChI=1S/C10H17N3O4S/c1-16-8-3-4-9(10(7-8)17-2)13-18(14,15)12-6-5-11/h3-4,7,12-13H,5-6,11H2,1-2H3. The van der Waals surface area contributed by atoms with Crippen LogP contribution < -0.4 is 24.7 Å². The molecule has 0 aliphatic heterocycles. The van der Waals surface area contributed by atoms with Crippen molar-refractivity contribution in [2.45, 2.75) is 0 Å². The zero-order chi connectivity index (χ0) is 13.6. The molecular weight excluding hydrogens is 258 g/mol. The Morgan fingerprint density at radius 2 is 2.00 bits per heavy atom. The number of methoxy groups -OCH3 is 2. The fraction of sp³-hybridized carbons (Fsp3) is 0.400. The van der Waals surface area contributed by atoms with Crippen molar-refractivity contribution >= 4 is 15.9 Å². The van der Waals surface area contributed by atoms with E-state index >= 15 is 0 Å². The lowest BCUT2D eigenvalue weighted by Crippen LogP contribution is -2.34. The van der Waals surface area contributed by atoms with Crippen LogP contribution in [0, 0.1) is 0 Å². The topological polar surface area (TPSA) is 103 Å². The second kappa shape index (κ2) is 6.43. The van der Waals surface area contributed by atoms with E-state index in [4.69, 9.17) is 15.2 Å². The molecule has 0 aromatic heterocycles. The molecule has 1 aromatic rings. The summed E-state index contributed by atoms with van der Waals surface area (Å²) in [4.78, 5) is 0. The van der Waals surface area contributed by atoms with Gasteiger partial charge in [-0.3, -0.25) is 4.72 Å². The average molecular weight is 275 g/mol. The lowest BCUT2D eigenvalue weighted by molar-refractivity contribution is 0.395. The molecule has 7 nitrogen and oxygen atoms in total. The molecule has 0 spiro atoms. The molecule has 4 N–H and O–H groups in total. The van der Waals surface area contributed by atoms with E-state index in [1.807, 2.05) is 0 Å². The molecule has 0 amide bonds. The zero-order valence-corrected chi connectivity index (χ0v) is 11.1. The first kappa shape index (κ1) is 14.6. The largest absolute Gasteiger partial charge is 0.497 e. The summed E-state index contributed by atoms with van der Waals surface area (Å²) < 4.78 is 38.0. The van der Waals surface area contributed by atoms with Gasteiger partial charge in [-0.1, -0.05) is 0 Å². The molecule has 0 radical (unpaired) electrons. The Morgan fingerprint density at radius 1 is 1.28 bits per heavy atom. The first-order chi connectivity index (χ1) is 8.52. The van der Waals surface area contributed by atoms with Crippen molar-refractivity contribution in [3.8, 4) is 11.5 Å². The van der Waals surface area contributed by atoms with Gasteiger partial charge in [0, 0.05) is 19.2 Å². The number of hydrogen-bond acceptors (Lipinski definition) is 5. The minimum atomic E-state index is -3.65. The lowest BCUT2D eigenvalue weighted by Gasteiger charge is -2.13. The van der Waals surface area contributed by atoms with E-state index in [1.54, 1.807) is 18.2 Å². The predicted octanol–water partition coefficient (Wildman–Crippen LogP) is -0.0912. The van der Waals surface area contributed by atoms with E-state index in [0.717, 1.165) is 0 Å². The Morgan fingerprint density at radius 3 is 2.56 bits per heavy atom. The van der Waals surface area contributed by atoms with Gasteiger partial charge in [0.1, 0.15) is 11.5 Å². The van der Waals surface area contributed by atoms with E-state index in [-0.39, 0.29) is 13.1 Å². The molecule has 1 rings (SSSR count). The molecule has 0 aliphatic rings. The summed E-state index contributed by atoms with van der Waals surface area (Å²) in [6.07, 6.45) is 0. The molecule has 0 saturated carbocycles. The van der Waals surface area contributed by atoms with Crippen LogP contribution in [0.3, 0.4) is 0 Å². The first-order valence-electron chi connectivity index (χ1n) is 5.22. The number of benzene rings is 1. The van der Waals surface area contributed by atoms with Gasteiger partial charge in [-0.2, -0.15) is 13.1 Å². The highest BCUT2D eigenvalue weighted by Crippen LogP contribution is 2.29. The number of nitrogens with two attached hydrogens (primary N) is 1. The zero-order valence-electron chi connectivity index (χ0n) is 10.3. The predicted molar refractivity (Wildman–Crippen MR) is 69.1 cm³/mol. The molecule has 1 aromatic carbocycles. The van der Waals surface area contributed by atoms with Crippen molar-refractivity contribution in [2.24, 2.45) is 5.73 Å². The van der Waals surface area contributed by atoms with Gasteiger partial charge in [0.25, 0.3) is 10.2 Å². The maximum atomic E-state index is 11.6. The minimum Gasteiger partial charge on any atom is -0.497 e. The normalized spacial score (nSPS) is 11.1. The van der Waals surface area contributed by atoms with Crippen LogP contribution in [0.4, 0.5) is 5.69 Å². The second-order valence-electron chi connectivity index (χ2n) is 3.35. The highest BCUT2D eigenvalue weighted by molar-refractivity contribution is 7.90. The third-order valence-corrected chi connectivity index (χ3v) is 3.16. The quantitative estimate of drug-likeness (QED) is 0.645. The van der Waals surface area contributed by atoms with Crippen molar-refractivity contribution in [2.75, 3.05) is 32.0 Å². The highest BCUT2D eigenvalue weighted by atomic mass is 32.2. The molecule has 0 unspecified atom stereocenters. The van der Waals surface area contributed by atoms with Crippen LogP contribution in [0.5, 0.6) is 11.5 Å². The van der Waals surface area contributed by atoms with Crippen LogP contribution >= 0.6 is 0 Å². The van der Waals surface area contributed by atoms with Crippen molar-refractivity contribution < 1.29 is 17.9 Å².